The van der Waals surface area contributed by atoms with Gasteiger partial charge in [-0.15, -0.1) is 0 Å². The number of carbonyl (C=O) groups excluding carboxylic acids is 1. The highest BCUT2D eigenvalue weighted by molar-refractivity contribution is 5.88. The van der Waals surface area contributed by atoms with Gasteiger partial charge in [-0.1, -0.05) is 13.8 Å². The van der Waals surface area contributed by atoms with Gasteiger partial charge < -0.3 is 5.11 Å². The minimum absolute atomic E-state index is 0.0456. The van der Waals surface area contributed by atoms with Crippen LogP contribution in [0.25, 0.3) is 0 Å². The molecule has 15 heavy (non-hydrogen) atoms. The lowest BCUT2D eigenvalue weighted by Gasteiger charge is -2.15. The van der Waals surface area contributed by atoms with Gasteiger partial charge in [-0.3, -0.25) is 20.6 Å². The van der Waals surface area contributed by atoms with Crippen LogP contribution in [0.5, 0.6) is 0 Å². The Balaban J connectivity index is 2.34. The summed E-state index contributed by atoms with van der Waals surface area (Å²) in [6, 6.07) is 0. The van der Waals surface area contributed by atoms with Gasteiger partial charge in [-0.05, 0) is 12.8 Å². The van der Waals surface area contributed by atoms with Crippen LogP contribution >= 0.6 is 0 Å². The minimum Gasteiger partial charge on any atom is -0.396 e. The summed E-state index contributed by atoms with van der Waals surface area (Å²) in [4.78, 5) is 15.5. The molecule has 1 aliphatic heterocycles. The third-order valence-electron chi connectivity index (χ3n) is 2.46. The van der Waals surface area contributed by atoms with Gasteiger partial charge in [0.1, 0.15) is 5.84 Å². The van der Waals surface area contributed by atoms with E-state index in [0.29, 0.717) is 6.42 Å². The van der Waals surface area contributed by atoms with Gasteiger partial charge in [0.2, 0.25) is 5.91 Å². The number of amidine groups is 1. The maximum atomic E-state index is 11.3. The predicted octanol–water partition coefficient (Wildman–Crippen LogP) is 0.0640. The molecule has 0 spiro atoms. The quantitative estimate of drug-likeness (QED) is 0.581. The minimum atomic E-state index is -0.0488. The van der Waals surface area contributed by atoms with Gasteiger partial charge in [0, 0.05) is 25.0 Å². The Morgan fingerprint density at radius 2 is 2.40 bits per heavy atom. The fourth-order valence-electron chi connectivity index (χ4n) is 1.46. The number of amides is 1. The van der Waals surface area contributed by atoms with Crippen molar-refractivity contribution in [3.63, 3.8) is 0 Å². The maximum Gasteiger partial charge on any atom is 0.240 e. The van der Waals surface area contributed by atoms with Crippen molar-refractivity contribution in [3.8, 4) is 0 Å². The fraction of sp³-hybridized carbons (Fsp3) is 0.800. The third kappa shape index (κ3) is 3.51. The van der Waals surface area contributed by atoms with E-state index in [0.717, 1.165) is 18.8 Å². The number of aliphatic hydroxyl groups is 1. The Kier molecular flexibility index (Phi) is 4.55. The SMILES string of the molecule is CC(C)C(=O)NNC1=NCCC1CCO. The van der Waals surface area contributed by atoms with Crippen molar-refractivity contribution >= 4 is 11.7 Å². The van der Waals surface area contributed by atoms with Crippen LogP contribution in [-0.2, 0) is 4.79 Å². The normalized spacial score (nSPS) is 20.3. The van der Waals surface area contributed by atoms with Crippen LogP contribution in [0.3, 0.4) is 0 Å². The van der Waals surface area contributed by atoms with Crippen LogP contribution in [0.15, 0.2) is 4.99 Å². The van der Waals surface area contributed by atoms with E-state index in [1.54, 1.807) is 0 Å². The maximum absolute atomic E-state index is 11.3. The zero-order chi connectivity index (χ0) is 11.3. The van der Waals surface area contributed by atoms with Crippen LogP contribution in [0.4, 0.5) is 0 Å². The van der Waals surface area contributed by atoms with E-state index in [1.165, 1.54) is 0 Å². The summed E-state index contributed by atoms with van der Waals surface area (Å²) in [5.74, 6) is 0.948. The second-order valence-corrected chi connectivity index (χ2v) is 4.03. The molecular formula is C10H19N3O2. The molecule has 5 nitrogen and oxygen atoms in total. The van der Waals surface area contributed by atoms with Crippen molar-refractivity contribution in [2.24, 2.45) is 16.8 Å². The van der Waals surface area contributed by atoms with Gasteiger partial charge >= 0.3 is 0 Å². The number of hydrogen-bond acceptors (Lipinski definition) is 4. The first kappa shape index (κ1) is 12.0. The summed E-state index contributed by atoms with van der Waals surface area (Å²) in [7, 11) is 0. The van der Waals surface area contributed by atoms with Gasteiger partial charge in [0.25, 0.3) is 0 Å². The number of carbonyl (C=O) groups is 1. The van der Waals surface area contributed by atoms with Crippen molar-refractivity contribution in [1.29, 1.82) is 0 Å². The first-order chi connectivity index (χ1) is 7.15. The van der Waals surface area contributed by atoms with Gasteiger partial charge in [0.15, 0.2) is 0 Å². The Morgan fingerprint density at radius 3 is 3.00 bits per heavy atom. The monoisotopic (exact) mass is 213 g/mol. The van der Waals surface area contributed by atoms with Gasteiger partial charge in [-0.2, -0.15) is 0 Å². The van der Waals surface area contributed by atoms with E-state index in [4.69, 9.17) is 5.11 Å². The third-order valence-corrected chi connectivity index (χ3v) is 2.46. The molecule has 1 atom stereocenters. The molecule has 1 amide bonds. The number of rotatable bonds is 3. The number of hydrogen-bond donors (Lipinski definition) is 3. The molecule has 1 heterocycles. The molecule has 86 valence electrons. The van der Waals surface area contributed by atoms with Crippen LogP contribution in [0.2, 0.25) is 0 Å². The van der Waals surface area contributed by atoms with Crippen molar-refractivity contribution in [1.82, 2.24) is 10.9 Å². The summed E-state index contributed by atoms with van der Waals surface area (Å²) in [6.45, 7) is 4.59. The van der Waals surface area contributed by atoms with Crippen LogP contribution in [0, 0.1) is 11.8 Å². The average Bonchev–Trinajstić information content (AvgIpc) is 2.62. The van der Waals surface area contributed by atoms with Crippen molar-refractivity contribution in [2.45, 2.75) is 26.7 Å². The highest BCUT2D eigenvalue weighted by atomic mass is 16.3. The number of nitrogens with zero attached hydrogens (tertiary/aromatic N) is 1. The molecule has 1 rings (SSSR count). The molecule has 0 radical (unpaired) electrons. The zero-order valence-corrected chi connectivity index (χ0v) is 9.29. The molecule has 0 aromatic heterocycles. The van der Waals surface area contributed by atoms with Crippen molar-refractivity contribution in [3.05, 3.63) is 0 Å². The summed E-state index contributed by atoms with van der Waals surface area (Å²) in [5.41, 5.74) is 5.45. The molecule has 0 aromatic carbocycles. The molecule has 3 N–H and O–H groups in total. The van der Waals surface area contributed by atoms with E-state index >= 15 is 0 Å². The Labute approximate surface area is 89.9 Å². The van der Waals surface area contributed by atoms with Crippen LogP contribution in [-0.4, -0.2) is 30.0 Å². The highest BCUT2D eigenvalue weighted by Gasteiger charge is 2.21. The molecule has 0 aliphatic carbocycles. The topological polar surface area (TPSA) is 73.7 Å². The van der Waals surface area contributed by atoms with Crippen molar-refractivity contribution < 1.29 is 9.90 Å². The number of nitrogens with one attached hydrogen (secondary N) is 2. The zero-order valence-electron chi connectivity index (χ0n) is 9.29. The summed E-state index contributed by atoms with van der Waals surface area (Å²) < 4.78 is 0. The summed E-state index contributed by atoms with van der Waals surface area (Å²) in [5, 5.41) is 8.84. The predicted molar refractivity (Wildman–Crippen MR) is 58.2 cm³/mol. The summed E-state index contributed by atoms with van der Waals surface area (Å²) >= 11 is 0. The molecular weight excluding hydrogens is 194 g/mol. The van der Waals surface area contributed by atoms with Crippen LogP contribution < -0.4 is 10.9 Å². The highest BCUT2D eigenvalue weighted by Crippen LogP contribution is 2.15. The van der Waals surface area contributed by atoms with E-state index in [2.05, 4.69) is 15.8 Å². The van der Waals surface area contributed by atoms with Crippen molar-refractivity contribution in [2.75, 3.05) is 13.2 Å². The standard InChI is InChI=1S/C10H19N3O2/c1-7(2)10(15)13-12-9-8(4-6-14)3-5-11-9/h7-8,14H,3-6H2,1-2H3,(H,11,12)(H,13,15). The Morgan fingerprint density at radius 1 is 1.67 bits per heavy atom. The lowest BCUT2D eigenvalue weighted by Crippen LogP contribution is -2.45. The lowest BCUT2D eigenvalue weighted by molar-refractivity contribution is -0.124. The van der Waals surface area contributed by atoms with Gasteiger partial charge in [0.05, 0.1) is 0 Å². The van der Waals surface area contributed by atoms with E-state index in [1.807, 2.05) is 13.8 Å². The molecule has 0 saturated heterocycles. The Bertz CT molecular complexity index is 251. The molecule has 0 bridgehead atoms. The second kappa shape index (κ2) is 5.70. The number of aliphatic imine (C=N–C) groups is 1. The molecule has 0 aromatic rings. The summed E-state index contributed by atoms with van der Waals surface area (Å²) in [6.07, 6.45) is 1.64. The molecule has 0 saturated carbocycles. The lowest BCUT2D eigenvalue weighted by atomic mass is 10.0. The average molecular weight is 213 g/mol. The van der Waals surface area contributed by atoms with E-state index in [-0.39, 0.29) is 24.3 Å². The van der Waals surface area contributed by atoms with Gasteiger partial charge in [-0.25, -0.2) is 0 Å². The molecule has 1 aliphatic rings. The van der Waals surface area contributed by atoms with E-state index in [9.17, 15) is 4.79 Å². The second-order valence-electron chi connectivity index (χ2n) is 4.03. The molecule has 1 unspecified atom stereocenters. The molecule has 5 heteroatoms. The fourth-order valence-corrected chi connectivity index (χ4v) is 1.46. The number of aliphatic hydroxyl groups excluding tert-OH is 1. The number of hydrazine groups is 1. The Hall–Kier alpha value is -1.10. The van der Waals surface area contributed by atoms with Crippen LogP contribution in [0.1, 0.15) is 26.7 Å². The smallest absolute Gasteiger partial charge is 0.240 e. The first-order valence-corrected chi connectivity index (χ1v) is 5.36. The molecule has 0 fully saturated rings. The largest absolute Gasteiger partial charge is 0.396 e. The first-order valence-electron chi connectivity index (χ1n) is 5.36. The van der Waals surface area contributed by atoms with E-state index < -0.39 is 0 Å².